The van der Waals surface area contributed by atoms with Gasteiger partial charge in [0.15, 0.2) is 0 Å². The van der Waals surface area contributed by atoms with Crippen LogP contribution in [0.5, 0.6) is 0 Å². The van der Waals surface area contributed by atoms with Gasteiger partial charge in [0.2, 0.25) is 0 Å². The zero-order valence-corrected chi connectivity index (χ0v) is 9.93. The Morgan fingerprint density at radius 3 is 2.15 bits per heavy atom. The highest BCUT2D eigenvalue weighted by atomic mass is 15.2. The maximum Gasteiger partial charge on any atom is 0.0128 e. The number of hydrogen-bond donors (Lipinski definition) is 0. The first-order valence-electron chi connectivity index (χ1n) is 5.69. The van der Waals surface area contributed by atoms with Gasteiger partial charge in [-0.25, -0.2) is 0 Å². The van der Waals surface area contributed by atoms with Gasteiger partial charge in [-0.1, -0.05) is 20.3 Å². The lowest BCUT2D eigenvalue weighted by Crippen LogP contribution is -2.52. The van der Waals surface area contributed by atoms with Crippen LogP contribution in [-0.2, 0) is 0 Å². The fourth-order valence-electron chi connectivity index (χ4n) is 2.48. The van der Waals surface area contributed by atoms with E-state index in [1.165, 1.54) is 25.8 Å². The molecule has 78 valence electrons. The molecule has 0 N–H and O–H groups in total. The molecule has 0 aromatic rings. The maximum absolute atomic E-state index is 2.70. The molecule has 0 spiro atoms. The first kappa shape index (κ1) is 11.0. The Labute approximate surface area is 83.5 Å². The van der Waals surface area contributed by atoms with Gasteiger partial charge in [0.25, 0.3) is 0 Å². The molecule has 1 nitrogen and oxygen atoms in total. The smallest absolute Gasteiger partial charge is 0.0128 e. The van der Waals surface area contributed by atoms with E-state index in [1.807, 2.05) is 0 Å². The third kappa shape index (κ3) is 2.70. The minimum Gasteiger partial charge on any atom is -0.295 e. The highest BCUT2D eigenvalue weighted by Crippen LogP contribution is 2.29. The summed E-state index contributed by atoms with van der Waals surface area (Å²) in [5.74, 6) is 0.805. The topological polar surface area (TPSA) is 3.24 Å². The number of nitrogens with zero attached hydrogens (tertiary/aromatic N) is 1. The molecule has 1 aliphatic rings. The number of likely N-dealkylation sites (tertiary alicyclic amines) is 1. The molecule has 0 aromatic heterocycles. The van der Waals surface area contributed by atoms with Crippen molar-refractivity contribution in [3.63, 3.8) is 0 Å². The largest absolute Gasteiger partial charge is 0.295 e. The van der Waals surface area contributed by atoms with Crippen LogP contribution in [0, 0.1) is 5.92 Å². The minimum absolute atomic E-state index is 0.357. The van der Waals surface area contributed by atoms with Gasteiger partial charge in [0, 0.05) is 11.6 Å². The van der Waals surface area contributed by atoms with Crippen LogP contribution in [0.4, 0.5) is 0 Å². The van der Waals surface area contributed by atoms with Crippen molar-refractivity contribution in [3.8, 4) is 0 Å². The van der Waals surface area contributed by atoms with Crippen molar-refractivity contribution >= 4 is 0 Å². The van der Waals surface area contributed by atoms with Crippen LogP contribution in [-0.4, -0.2) is 23.0 Å². The molecule has 1 saturated heterocycles. The molecule has 0 unspecified atom stereocenters. The summed E-state index contributed by atoms with van der Waals surface area (Å²) in [6, 6.07) is 0.814. The van der Waals surface area contributed by atoms with Crippen molar-refractivity contribution in [1.29, 1.82) is 0 Å². The van der Waals surface area contributed by atoms with Gasteiger partial charge < -0.3 is 0 Å². The molecule has 1 fully saturated rings. The highest BCUT2D eigenvalue weighted by molar-refractivity contribution is 4.87. The molecular weight excluding hydrogens is 158 g/mol. The second-order valence-electron chi connectivity index (χ2n) is 5.67. The Hall–Kier alpha value is -0.0400. The third-order valence-corrected chi connectivity index (χ3v) is 3.18. The van der Waals surface area contributed by atoms with E-state index in [4.69, 9.17) is 0 Å². The Bertz CT molecular complexity index is 155. The summed E-state index contributed by atoms with van der Waals surface area (Å²) in [6.07, 6.45) is 4.21. The van der Waals surface area contributed by atoms with Crippen molar-refractivity contribution in [2.75, 3.05) is 6.54 Å². The molecule has 1 rings (SSSR count). The van der Waals surface area contributed by atoms with Gasteiger partial charge in [-0.15, -0.1) is 0 Å². The number of hydrogen-bond acceptors (Lipinski definition) is 1. The minimum atomic E-state index is 0.357. The molecule has 1 heterocycles. The Morgan fingerprint density at radius 2 is 1.77 bits per heavy atom. The molecule has 1 heteroatoms. The van der Waals surface area contributed by atoms with Gasteiger partial charge in [-0.2, -0.15) is 0 Å². The van der Waals surface area contributed by atoms with Gasteiger partial charge >= 0.3 is 0 Å². The van der Waals surface area contributed by atoms with E-state index in [2.05, 4.69) is 39.5 Å². The number of piperidine rings is 1. The molecule has 1 aliphatic heterocycles. The summed E-state index contributed by atoms with van der Waals surface area (Å²) < 4.78 is 0. The van der Waals surface area contributed by atoms with Gasteiger partial charge in [-0.05, 0) is 46.1 Å². The highest BCUT2D eigenvalue weighted by Gasteiger charge is 2.32. The SMILES string of the molecule is CC(C)[C@H]1CCCCN1C(C)(C)C. The summed E-state index contributed by atoms with van der Waals surface area (Å²) >= 11 is 0. The average Bonchev–Trinajstić information content (AvgIpc) is 2.03. The molecule has 0 aromatic carbocycles. The Morgan fingerprint density at radius 1 is 1.15 bits per heavy atom. The molecule has 0 aliphatic carbocycles. The predicted molar refractivity (Wildman–Crippen MR) is 58.9 cm³/mol. The molecular formula is C12H25N. The van der Waals surface area contributed by atoms with E-state index in [9.17, 15) is 0 Å². The molecule has 0 radical (unpaired) electrons. The van der Waals surface area contributed by atoms with E-state index in [1.54, 1.807) is 0 Å². The van der Waals surface area contributed by atoms with Crippen LogP contribution in [0.15, 0.2) is 0 Å². The van der Waals surface area contributed by atoms with Crippen LogP contribution in [0.25, 0.3) is 0 Å². The van der Waals surface area contributed by atoms with Gasteiger partial charge in [0.05, 0.1) is 0 Å². The monoisotopic (exact) mass is 183 g/mol. The molecule has 0 bridgehead atoms. The van der Waals surface area contributed by atoms with Crippen molar-refractivity contribution in [2.45, 2.75) is 65.5 Å². The van der Waals surface area contributed by atoms with E-state index in [0.29, 0.717) is 5.54 Å². The summed E-state index contributed by atoms with van der Waals surface area (Å²) in [6.45, 7) is 13.0. The molecule has 1 atom stereocenters. The van der Waals surface area contributed by atoms with E-state index in [0.717, 1.165) is 12.0 Å². The lowest BCUT2D eigenvalue weighted by atomic mass is 9.88. The van der Waals surface area contributed by atoms with E-state index >= 15 is 0 Å². The quantitative estimate of drug-likeness (QED) is 0.603. The predicted octanol–water partition coefficient (Wildman–Crippen LogP) is 3.30. The van der Waals surface area contributed by atoms with Crippen molar-refractivity contribution < 1.29 is 0 Å². The van der Waals surface area contributed by atoms with Gasteiger partial charge in [-0.3, -0.25) is 4.90 Å². The van der Waals surface area contributed by atoms with Crippen molar-refractivity contribution in [1.82, 2.24) is 4.90 Å². The summed E-state index contributed by atoms with van der Waals surface area (Å²) in [7, 11) is 0. The Balaban J connectivity index is 2.67. The first-order valence-corrected chi connectivity index (χ1v) is 5.69. The first-order chi connectivity index (χ1) is 5.93. The lowest BCUT2D eigenvalue weighted by molar-refractivity contribution is 0.0281. The Kier molecular flexibility index (Phi) is 3.39. The third-order valence-electron chi connectivity index (χ3n) is 3.18. The number of rotatable bonds is 1. The maximum atomic E-state index is 2.70. The fourth-order valence-corrected chi connectivity index (χ4v) is 2.48. The lowest BCUT2D eigenvalue weighted by Gasteiger charge is -2.46. The zero-order chi connectivity index (χ0) is 10.1. The molecule has 13 heavy (non-hydrogen) atoms. The van der Waals surface area contributed by atoms with Gasteiger partial charge in [0.1, 0.15) is 0 Å². The summed E-state index contributed by atoms with van der Waals surface area (Å²) in [4.78, 5) is 2.70. The zero-order valence-electron chi connectivity index (χ0n) is 9.93. The second-order valence-corrected chi connectivity index (χ2v) is 5.67. The van der Waals surface area contributed by atoms with Crippen LogP contribution >= 0.6 is 0 Å². The normalized spacial score (nSPS) is 26.8. The average molecular weight is 183 g/mol. The van der Waals surface area contributed by atoms with Crippen LogP contribution in [0.1, 0.15) is 53.9 Å². The van der Waals surface area contributed by atoms with Crippen molar-refractivity contribution in [2.24, 2.45) is 5.92 Å². The molecule has 0 amide bonds. The summed E-state index contributed by atoms with van der Waals surface area (Å²) in [5.41, 5.74) is 0.357. The van der Waals surface area contributed by atoms with Crippen LogP contribution in [0.2, 0.25) is 0 Å². The molecule has 0 saturated carbocycles. The van der Waals surface area contributed by atoms with Crippen LogP contribution in [0.3, 0.4) is 0 Å². The van der Waals surface area contributed by atoms with E-state index in [-0.39, 0.29) is 0 Å². The van der Waals surface area contributed by atoms with Crippen LogP contribution < -0.4 is 0 Å². The van der Waals surface area contributed by atoms with Crippen molar-refractivity contribution in [3.05, 3.63) is 0 Å². The summed E-state index contributed by atoms with van der Waals surface area (Å²) in [5, 5.41) is 0. The standard InChI is InChI=1S/C12H25N/c1-10(2)11-8-6-7-9-13(11)12(3,4)5/h10-11H,6-9H2,1-5H3/t11-/m1/s1. The fraction of sp³-hybridized carbons (Fsp3) is 1.00. The van der Waals surface area contributed by atoms with E-state index < -0.39 is 0 Å². The second kappa shape index (κ2) is 4.00.